The first kappa shape index (κ1) is 14.1. The van der Waals surface area contributed by atoms with Crippen molar-refractivity contribution in [2.75, 3.05) is 29.9 Å². The van der Waals surface area contributed by atoms with Crippen LogP contribution in [-0.4, -0.2) is 40.8 Å². The van der Waals surface area contributed by atoms with Crippen LogP contribution in [0.5, 0.6) is 0 Å². The van der Waals surface area contributed by atoms with Crippen LogP contribution in [0.25, 0.3) is 0 Å². The minimum Gasteiger partial charge on any atom is -0.396 e. The molecule has 1 aromatic heterocycles. The van der Waals surface area contributed by atoms with Crippen LogP contribution in [0, 0.1) is 0 Å². The molecule has 0 aliphatic heterocycles. The first-order valence-corrected chi connectivity index (χ1v) is 7.29. The van der Waals surface area contributed by atoms with Crippen molar-refractivity contribution in [3.8, 4) is 0 Å². The molecule has 1 fully saturated rings. The highest BCUT2D eigenvalue weighted by atomic mass is 16.3. The SMILES string of the molecule is CCCNc1nccc(N(CCCO)C2CCC2)n1. The number of hydrogen-bond donors (Lipinski definition) is 2. The van der Waals surface area contributed by atoms with Gasteiger partial charge in [0.05, 0.1) is 0 Å². The van der Waals surface area contributed by atoms with Crippen molar-refractivity contribution in [3.63, 3.8) is 0 Å². The fourth-order valence-corrected chi connectivity index (χ4v) is 2.25. The predicted molar refractivity (Wildman–Crippen MR) is 77.5 cm³/mol. The van der Waals surface area contributed by atoms with Crippen LogP contribution in [0.1, 0.15) is 39.0 Å². The zero-order valence-corrected chi connectivity index (χ0v) is 11.7. The number of aromatic nitrogens is 2. The molecule has 2 rings (SSSR count). The Morgan fingerprint density at radius 1 is 1.47 bits per heavy atom. The predicted octanol–water partition coefficient (Wildman–Crippen LogP) is 2.04. The Labute approximate surface area is 115 Å². The molecule has 0 bridgehead atoms. The first-order chi connectivity index (χ1) is 9.35. The minimum absolute atomic E-state index is 0.231. The van der Waals surface area contributed by atoms with Gasteiger partial charge in [-0.3, -0.25) is 0 Å². The van der Waals surface area contributed by atoms with Crippen LogP contribution in [-0.2, 0) is 0 Å². The lowest BCUT2D eigenvalue weighted by atomic mass is 9.91. The second kappa shape index (κ2) is 7.28. The van der Waals surface area contributed by atoms with Gasteiger partial charge in [0, 0.05) is 31.9 Å². The Morgan fingerprint density at radius 3 is 2.95 bits per heavy atom. The molecular weight excluding hydrogens is 240 g/mol. The van der Waals surface area contributed by atoms with Gasteiger partial charge in [-0.05, 0) is 38.2 Å². The van der Waals surface area contributed by atoms with Crippen LogP contribution >= 0.6 is 0 Å². The van der Waals surface area contributed by atoms with Gasteiger partial charge in [-0.1, -0.05) is 6.92 Å². The van der Waals surface area contributed by atoms with Gasteiger partial charge >= 0.3 is 0 Å². The van der Waals surface area contributed by atoms with Crippen LogP contribution in [0.4, 0.5) is 11.8 Å². The standard InChI is InChI=1S/C14H24N4O/c1-2-8-15-14-16-9-7-13(17-14)18(10-4-11-19)12-5-3-6-12/h7,9,12,19H,2-6,8,10-11H2,1H3,(H,15,16,17). The molecule has 106 valence electrons. The van der Waals surface area contributed by atoms with E-state index in [0.29, 0.717) is 12.0 Å². The third-order valence-corrected chi connectivity index (χ3v) is 3.54. The smallest absolute Gasteiger partial charge is 0.224 e. The highest BCUT2D eigenvalue weighted by Crippen LogP contribution is 2.28. The summed E-state index contributed by atoms with van der Waals surface area (Å²) in [5.74, 6) is 1.68. The lowest BCUT2D eigenvalue weighted by Gasteiger charge is -2.38. The van der Waals surface area contributed by atoms with E-state index in [1.54, 1.807) is 0 Å². The highest BCUT2D eigenvalue weighted by molar-refractivity contribution is 5.44. The van der Waals surface area contributed by atoms with Gasteiger partial charge < -0.3 is 15.3 Å². The van der Waals surface area contributed by atoms with Crippen molar-refractivity contribution < 1.29 is 5.11 Å². The molecule has 5 nitrogen and oxygen atoms in total. The number of hydrogen-bond acceptors (Lipinski definition) is 5. The highest BCUT2D eigenvalue weighted by Gasteiger charge is 2.25. The zero-order chi connectivity index (χ0) is 13.5. The quantitative estimate of drug-likeness (QED) is 0.752. The van der Waals surface area contributed by atoms with Gasteiger partial charge in [0.1, 0.15) is 5.82 Å². The lowest BCUT2D eigenvalue weighted by molar-refractivity contribution is 0.282. The second-order valence-electron chi connectivity index (χ2n) is 5.02. The van der Waals surface area contributed by atoms with Gasteiger partial charge in [-0.2, -0.15) is 4.98 Å². The molecule has 1 aliphatic rings. The summed E-state index contributed by atoms with van der Waals surface area (Å²) in [6.45, 7) is 4.11. The van der Waals surface area contributed by atoms with Crippen molar-refractivity contribution in [1.82, 2.24) is 9.97 Å². The summed E-state index contributed by atoms with van der Waals surface area (Å²) in [4.78, 5) is 11.2. The van der Waals surface area contributed by atoms with Crippen molar-refractivity contribution >= 4 is 11.8 Å². The summed E-state index contributed by atoms with van der Waals surface area (Å²) in [6.07, 6.45) is 7.42. The van der Waals surface area contributed by atoms with E-state index in [1.165, 1.54) is 19.3 Å². The molecule has 2 N–H and O–H groups in total. The van der Waals surface area contributed by atoms with E-state index in [0.717, 1.165) is 31.7 Å². The van der Waals surface area contributed by atoms with E-state index in [4.69, 9.17) is 5.11 Å². The zero-order valence-electron chi connectivity index (χ0n) is 11.7. The molecule has 0 atom stereocenters. The van der Waals surface area contributed by atoms with E-state index in [1.807, 2.05) is 12.3 Å². The molecule has 0 radical (unpaired) electrons. The molecule has 1 aromatic rings. The number of aliphatic hydroxyl groups is 1. The summed E-state index contributed by atoms with van der Waals surface area (Å²) in [5, 5.41) is 12.3. The normalized spacial score (nSPS) is 15.1. The van der Waals surface area contributed by atoms with Crippen molar-refractivity contribution in [1.29, 1.82) is 0 Å². The Kier molecular flexibility index (Phi) is 5.39. The van der Waals surface area contributed by atoms with E-state index >= 15 is 0 Å². The van der Waals surface area contributed by atoms with E-state index in [2.05, 4.69) is 27.1 Å². The molecule has 5 heteroatoms. The molecule has 0 unspecified atom stereocenters. The molecule has 19 heavy (non-hydrogen) atoms. The summed E-state index contributed by atoms with van der Waals surface area (Å²) in [5.41, 5.74) is 0. The Hall–Kier alpha value is -1.36. The van der Waals surface area contributed by atoms with Crippen LogP contribution in [0.2, 0.25) is 0 Å². The van der Waals surface area contributed by atoms with Gasteiger partial charge in [-0.15, -0.1) is 0 Å². The molecule has 1 saturated carbocycles. The van der Waals surface area contributed by atoms with Crippen LogP contribution < -0.4 is 10.2 Å². The number of nitrogens with one attached hydrogen (secondary N) is 1. The van der Waals surface area contributed by atoms with Gasteiger partial charge in [0.2, 0.25) is 5.95 Å². The molecule has 1 aliphatic carbocycles. The lowest BCUT2D eigenvalue weighted by Crippen LogP contribution is -2.41. The summed E-state index contributed by atoms with van der Waals surface area (Å²) in [7, 11) is 0. The van der Waals surface area contributed by atoms with Gasteiger partial charge in [-0.25, -0.2) is 4.98 Å². The van der Waals surface area contributed by atoms with Crippen molar-refractivity contribution in [3.05, 3.63) is 12.3 Å². The van der Waals surface area contributed by atoms with E-state index < -0.39 is 0 Å². The molecule has 0 saturated heterocycles. The van der Waals surface area contributed by atoms with Gasteiger partial charge in [0.15, 0.2) is 0 Å². The van der Waals surface area contributed by atoms with Crippen molar-refractivity contribution in [2.45, 2.75) is 45.1 Å². The average molecular weight is 264 g/mol. The number of rotatable bonds is 8. The molecule has 0 amide bonds. The maximum atomic E-state index is 9.03. The fraction of sp³-hybridized carbons (Fsp3) is 0.714. The average Bonchev–Trinajstić information content (AvgIpc) is 2.39. The first-order valence-electron chi connectivity index (χ1n) is 7.29. The number of aliphatic hydroxyl groups excluding tert-OH is 1. The summed E-state index contributed by atoms with van der Waals surface area (Å²) < 4.78 is 0. The third kappa shape index (κ3) is 3.80. The van der Waals surface area contributed by atoms with E-state index in [-0.39, 0.29) is 6.61 Å². The minimum atomic E-state index is 0.231. The molecule has 0 aromatic carbocycles. The Balaban J connectivity index is 2.06. The maximum Gasteiger partial charge on any atom is 0.224 e. The Bertz CT molecular complexity index is 381. The second-order valence-corrected chi connectivity index (χ2v) is 5.02. The summed E-state index contributed by atoms with van der Waals surface area (Å²) >= 11 is 0. The monoisotopic (exact) mass is 264 g/mol. The van der Waals surface area contributed by atoms with Crippen LogP contribution in [0.3, 0.4) is 0 Å². The number of nitrogens with zero attached hydrogens (tertiary/aromatic N) is 3. The molecule has 1 heterocycles. The largest absolute Gasteiger partial charge is 0.396 e. The van der Waals surface area contributed by atoms with Crippen LogP contribution in [0.15, 0.2) is 12.3 Å². The summed E-state index contributed by atoms with van der Waals surface area (Å²) in [6, 6.07) is 2.55. The maximum absolute atomic E-state index is 9.03. The molecule has 0 spiro atoms. The Morgan fingerprint density at radius 2 is 2.32 bits per heavy atom. The number of anilines is 2. The molecular formula is C14H24N4O. The third-order valence-electron chi connectivity index (χ3n) is 3.54. The fourth-order valence-electron chi connectivity index (χ4n) is 2.25. The topological polar surface area (TPSA) is 61.3 Å². The van der Waals surface area contributed by atoms with Crippen molar-refractivity contribution in [2.24, 2.45) is 0 Å². The van der Waals surface area contributed by atoms with E-state index in [9.17, 15) is 0 Å². The van der Waals surface area contributed by atoms with Gasteiger partial charge in [0.25, 0.3) is 0 Å².